The number of aryl methyl sites for hydroxylation is 1. The number of nitrogens with zero attached hydrogens (tertiary/aromatic N) is 3. The molecule has 0 bridgehead atoms. The molecule has 0 amide bonds. The van der Waals surface area contributed by atoms with Gasteiger partial charge in [0.1, 0.15) is 5.82 Å². The molecule has 3 rings (SSSR count). The first-order chi connectivity index (χ1) is 8.77. The van der Waals surface area contributed by atoms with Gasteiger partial charge in [0.25, 0.3) is 0 Å². The zero-order valence-corrected chi connectivity index (χ0v) is 11.7. The van der Waals surface area contributed by atoms with Crippen LogP contribution in [0.25, 0.3) is 0 Å². The number of hydrogen-bond acceptors (Lipinski definition) is 3. The third kappa shape index (κ3) is 2.41. The second-order valence-corrected chi connectivity index (χ2v) is 6.26. The fourth-order valence-corrected chi connectivity index (χ4v) is 4.05. The Hall–Kier alpha value is -0.970. The maximum atomic E-state index is 4.67. The third-order valence-corrected chi connectivity index (χ3v) is 5.13. The fraction of sp³-hybridized carbons (Fsp3) is 0.692. The highest BCUT2D eigenvalue weighted by molar-refractivity contribution is 8.14. The zero-order valence-electron chi connectivity index (χ0n) is 10.9. The second-order valence-electron chi connectivity index (χ2n) is 5.29. The zero-order chi connectivity index (χ0) is 12.4. The lowest BCUT2D eigenvalue weighted by Gasteiger charge is -2.21. The van der Waals surface area contributed by atoms with Crippen LogP contribution >= 0.6 is 11.8 Å². The van der Waals surface area contributed by atoms with Crippen molar-refractivity contribution < 1.29 is 0 Å². The summed E-state index contributed by atoms with van der Waals surface area (Å²) < 4.78 is 2.06. The van der Waals surface area contributed by atoms with E-state index in [0.29, 0.717) is 5.54 Å². The summed E-state index contributed by atoms with van der Waals surface area (Å²) in [7, 11) is 2.03. The topological polar surface area (TPSA) is 42.2 Å². The molecule has 0 atom stereocenters. The first-order valence-electron chi connectivity index (χ1n) is 6.69. The Labute approximate surface area is 112 Å². The van der Waals surface area contributed by atoms with Crippen molar-refractivity contribution >= 4 is 16.9 Å². The standard InChI is InChI=1S/C13H20N4S/c1-17-9-8-14-11(17)4-7-15-12-16-13(10-18-12)5-2-3-6-13/h8-9H,2-7,10H2,1H3,(H,15,16). The van der Waals surface area contributed by atoms with Gasteiger partial charge in [0, 0.05) is 43.7 Å². The van der Waals surface area contributed by atoms with Crippen molar-refractivity contribution in [1.29, 1.82) is 0 Å². The maximum absolute atomic E-state index is 4.67. The summed E-state index contributed by atoms with van der Waals surface area (Å²) >= 11 is 1.89. The van der Waals surface area contributed by atoms with Crippen LogP contribution in [0.5, 0.6) is 0 Å². The molecular formula is C13H20N4S. The summed E-state index contributed by atoms with van der Waals surface area (Å²) in [5, 5.41) is 4.79. The Morgan fingerprint density at radius 1 is 1.50 bits per heavy atom. The predicted octanol–water partition coefficient (Wildman–Crippen LogP) is 1.97. The van der Waals surface area contributed by atoms with Crippen LogP contribution in [0.1, 0.15) is 31.5 Å². The summed E-state index contributed by atoms with van der Waals surface area (Å²) in [6, 6.07) is 0. The SMILES string of the molecule is Cn1ccnc1CCN=C1NC2(CCCC2)CS1. The third-order valence-electron chi connectivity index (χ3n) is 3.93. The predicted molar refractivity (Wildman–Crippen MR) is 76.0 cm³/mol. The van der Waals surface area contributed by atoms with Crippen molar-refractivity contribution in [3.05, 3.63) is 18.2 Å². The molecule has 1 spiro atoms. The minimum atomic E-state index is 0.382. The van der Waals surface area contributed by atoms with E-state index >= 15 is 0 Å². The van der Waals surface area contributed by atoms with Crippen LogP contribution in [-0.4, -0.2) is 32.6 Å². The molecule has 1 aromatic heterocycles. The molecular weight excluding hydrogens is 244 g/mol. The van der Waals surface area contributed by atoms with E-state index in [2.05, 4.69) is 19.9 Å². The van der Waals surface area contributed by atoms with Crippen LogP contribution < -0.4 is 5.32 Å². The summed E-state index contributed by atoms with van der Waals surface area (Å²) in [6.07, 6.45) is 10.1. The van der Waals surface area contributed by atoms with Gasteiger partial charge in [-0.3, -0.25) is 4.99 Å². The first kappa shape index (κ1) is 12.1. The quantitative estimate of drug-likeness (QED) is 0.907. The monoisotopic (exact) mass is 264 g/mol. The maximum Gasteiger partial charge on any atom is 0.157 e. The van der Waals surface area contributed by atoms with Gasteiger partial charge < -0.3 is 9.88 Å². The average Bonchev–Trinajstić information content (AvgIpc) is 3.06. The van der Waals surface area contributed by atoms with Crippen LogP contribution in [0.4, 0.5) is 0 Å². The van der Waals surface area contributed by atoms with Crippen LogP contribution in [0.15, 0.2) is 17.4 Å². The summed E-state index contributed by atoms with van der Waals surface area (Å²) in [5.41, 5.74) is 0.382. The summed E-state index contributed by atoms with van der Waals surface area (Å²) in [5.74, 6) is 2.31. The van der Waals surface area contributed by atoms with Gasteiger partial charge in [-0.2, -0.15) is 0 Å². The molecule has 1 saturated carbocycles. The Balaban J connectivity index is 1.53. The van der Waals surface area contributed by atoms with E-state index in [9.17, 15) is 0 Å². The van der Waals surface area contributed by atoms with Gasteiger partial charge in [-0.25, -0.2) is 4.98 Å². The molecule has 0 aromatic carbocycles. The van der Waals surface area contributed by atoms with Gasteiger partial charge in [0.05, 0.1) is 0 Å². The molecule has 1 saturated heterocycles. The minimum Gasteiger partial charge on any atom is -0.359 e. The number of aliphatic imine (C=N–C) groups is 1. The molecule has 18 heavy (non-hydrogen) atoms. The lowest BCUT2D eigenvalue weighted by Crippen LogP contribution is -2.40. The van der Waals surface area contributed by atoms with E-state index < -0.39 is 0 Å². The number of nitrogens with one attached hydrogen (secondary N) is 1. The minimum absolute atomic E-state index is 0.382. The van der Waals surface area contributed by atoms with E-state index in [1.165, 1.54) is 31.4 Å². The summed E-state index contributed by atoms with van der Waals surface area (Å²) in [6.45, 7) is 0.830. The fourth-order valence-electron chi connectivity index (χ4n) is 2.81. The van der Waals surface area contributed by atoms with Gasteiger partial charge in [0.15, 0.2) is 5.17 Å². The molecule has 4 nitrogen and oxygen atoms in total. The highest BCUT2D eigenvalue weighted by Gasteiger charge is 2.39. The Bertz CT molecular complexity index is 446. The molecule has 1 aromatic rings. The van der Waals surface area contributed by atoms with E-state index in [4.69, 9.17) is 0 Å². The number of thioether (sulfide) groups is 1. The van der Waals surface area contributed by atoms with Crippen LogP contribution in [0.2, 0.25) is 0 Å². The summed E-state index contributed by atoms with van der Waals surface area (Å²) in [4.78, 5) is 8.99. The van der Waals surface area contributed by atoms with E-state index in [1.807, 2.05) is 31.2 Å². The number of amidine groups is 1. The van der Waals surface area contributed by atoms with Crippen LogP contribution in [-0.2, 0) is 13.5 Å². The smallest absolute Gasteiger partial charge is 0.157 e. The number of rotatable bonds is 3. The van der Waals surface area contributed by atoms with Gasteiger partial charge in [0.2, 0.25) is 0 Å². The molecule has 2 heterocycles. The number of imidazole rings is 1. The van der Waals surface area contributed by atoms with Crippen molar-refractivity contribution in [2.24, 2.45) is 12.0 Å². The van der Waals surface area contributed by atoms with Crippen molar-refractivity contribution in [2.45, 2.75) is 37.6 Å². The Kier molecular flexibility index (Phi) is 3.33. The highest BCUT2D eigenvalue weighted by Crippen LogP contribution is 2.37. The van der Waals surface area contributed by atoms with Crippen molar-refractivity contribution in [2.75, 3.05) is 12.3 Å². The van der Waals surface area contributed by atoms with Crippen molar-refractivity contribution in [3.63, 3.8) is 0 Å². The molecule has 98 valence electrons. The van der Waals surface area contributed by atoms with E-state index in [0.717, 1.165) is 24.0 Å². The molecule has 2 aliphatic rings. The molecule has 0 radical (unpaired) electrons. The van der Waals surface area contributed by atoms with Gasteiger partial charge in [-0.05, 0) is 12.8 Å². The van der Waals surface area contributed by atoms with Crippen LogP contribution in [0.3, 0.4) is 0 Å². The van der Waals surface area contributed by atoms with Gasteiger partial charge >= 0.3 is 0 Å². The molecule has 0 unspecified atom stereocenters. The van der Waals surface area contributed by atoms with Crippen molar-refractivity contribution in [1.82, 2.24) is 14.9 Å². The van der Waals surface area contributed by atoms with Gasteiger partial charge in [-0.15, -0.1) is 0 Å². The molecule has 1 N–H and O–H groups in total. The van der Waals surface area contributed by atoms with Crippen molar-refractivity contribution in [3.8, 4) is 0 Å². The lowest BCUT2D eigenvalue weighted by molar-refractivity contribution is 0.452. The first-order valence-corrected chi connectivity index (χ1v) is 7.68. The van der Waals surface area contributed by atoms with Crippen LogP contribution in [0, 0.1) is 0 Å². The lowest BCUT2D eigenvalue weighted by atomic mass is 10.0. The Morgan fingerprint density at radius 2 is 2.33 bits per heavy atom. The average molecular weight is 264 g/mol. The van der Waals surface area contributed by atoms with E-state index in [1.54, 1.807) is 0 Å². The van der Waals surface area contributed by atoms with E-state index in [-0.39, 0.29) is 0 Å². The molecule has 5 heteroatoms. The molecule has 1 aliphatic heterocycles. The molecule has 1 aliphatic carbocycles. The number of hydrogen-bond donors (Lipinski definition) is 1. The van der Waals surface area contributed by atoms with Gasteiger partial charge in [-0.1, -0.05) is 24.6 Å². The number of aromatic nitrogens is 2. The molecule has 2 fully saturated rings. The normalized spacial score (nSPS) is 23.9. The largest absolute Gasteiger partial charge is 0.359 e. The Morgan fingerprint density at radius 3 is 3.06 bits per heavy atom. The highest BCUT2D eigenvalue weighted by atomic mass is 32.2. The second kappa shape index (κ2) is 4.96.